The van der Waals surface area contributed by atoms with E-state index in [0.29, 0.717) is 19.7 Å². The molecule has 3 amide bonds. The summed E-state index contributed by atoms with van der Waals surface area (Å²) in [4.78, 5) is 27.4. The SMILES string of the molecule is CCCN(CCC)C(=O)NC1CCN(C(=O)OCC)CC1. The van der Waals surface area contributed by atoms with Gasteiger partial charge in [0.15, 0.2) is 0 Å². The first-order valence-electron chi connectivity index (χ1n) is 8.09. The van der Waals surface area contributed by atoms with Gasteiger partial charge in [-0.25, -0.2) is 9.59 Å². The summed E-state index contributed by atoms with van der Waals surface area (Å²) in [5.41, 5.74) is 0. The maximum absolute atomic E-state index is 12.2. The van der Waals surface area contributed by atoms with Crippen molar-refractivity contribution in [3.8, 4) is 0 Å². The molecule has 1 fully saturated rings. The Kier molecular flexibility index (Phi) is 7.93. The number of hydrogen-bond acceptors (Lipinski definition) is 3. The molecule has 0 aliphatic carbocycles. The van der Waals surface area contributed by atoms with Crippen LogP contribution < -0.4 is 5.32 Å². The second-order valence-electron chi connectivity index (χ2n) is 5.40. The summed E-state index contributed by atoms with van der Waals surface area (Å²) in [5, 5.41) is 3.09. The van der Waals surface area contributed by atoms with E-state index in [9.17, 15) is 9.59 Å². The molecule has 0 bridgehead atoms. The number of carbonyl (C=O) groups excluding carboxylic acids is 2. The van der Waals surface area contributed by atoms with Gasteiger partial charge in [0.25, 0.3) is 0 Å². The Morgan fingerprint density at radius 1 is 1.14 bits per heavy atom. The van der Waals surface area contributed by atoms with Crippen molar-refractivity contribution in [3.63, 3.8) is 0 Å². The highest BCUT2D eigenvalue weighted by Gasteiger charge is 2.25. The van der Waals surface area contributed by atoms with E-state index < -0.39 is 0 Å². The lowest BCUT2D eigenvalue weighted by atomic mass is 10.1. The Morgan fingerprint density at radius 2 is 1.71 bits per heavy atom. The van der Waals surface area contributed by atoms with Crippen molar-refractivity contribution in [2.75, 3.05) is 32.8 Å². The fourth-order valence-electron chi connectivity index (χ4n) is 2.54. The maximum atomic E-state index is 12.2. The van der Waals surface area contributed by atoms with Crippen LogP contribution in [0, 0.1) is 0 Å². The van der Waals surface area contributed by atoms with Crippen molar-refractivity contribution in [1.82, 2.24) is 15.1 Å². The molecular formula is C15H29N3O3. The number of amides is 3. The van der Waals surface area contributed by atoms with Crippen LogP contribution in [0.1, 0.15) is 46.5 Å². The van der Waals surface area contributed by atoms with Gasteiger partial charge in [-0.2, -0.15) is 0 Å². The first-order valence-corrected chi connectivity index (χ1v) is 8.09. The minimum Gasteiger partial charge on any atom is -0.450 e. The molecule has 0 aromatic heterocycles. The molecular weight excluding hydrogens is 270 g/mol. The van der Waals surface area contributed by atoms with E-state index in [0.717, 1.165) is 38.8 Å². The molecule has 1 N–H and O–H groups in total. The van der Waals surface area contributed by atoms with Gasteiger partial charge >= 0.3 is 12.1 Å². The summed E-state index contributed by atoms with van der Waals surface area (Å²) in [6, 6.07) is 0.174. The quantitative estimate of drug-likeness (QED) is 0.819. The average Bonchev–Trinajstić information content (AvgIpc) is 2.48. The zero-order valence-corrected chi connectivity index (χ0v) is 13.6. The Morgan fingerprint density at radius 3 is 2.19 bits per heavy atom. The first-order chi connectivity index (χ1) is 10.1. The van der Waals surface area contributed by atoms with Gasteiger partial charge in [-0.05, 0) is 32.6 Å². The predicted molar refractivity (Wildman–Crippen MR) is 82.3 cm³/mol. The highest BCUT2D eigenvalue weighted by Crippen LogP contribution is 2.12. The fraction of sp³-hybridized carbons (Fsp3) is 0.867. The predicted octanol–water partition coefficient (Wildman–Crippen LogP) is 2.44. The molecule has 0 aromatic rings. The molecule has 0 radical (unpaired) electrons. The maximum Gasteiger partial charge on any atom is 0.409 e. The lowest BCUT2D eigenvalue weighted by Gasteiger charge is -2.33. The van der Waals surface area contributed by atoms with E-state index in [4.69, 9.17) is 4.74 Å². The third kappa shape index (κ3) is 5.81. The lowest BCUT2D eigenvalue weighted by Crippen LogP contribution is -2.50. The zero-order valence-electron chi connectivity index (χ0n) is 13.6. The molecule has 0 unspecified atom stereocenters. The first kappa shape index (κ1) is 17.6. The van der Waals surface area contributed by atoms with E-state index in [1.807, 2.05) is 4.90 Å². The number of ether oxygens (including phenoxy) is 1. The molecule has 0 spiro atoms. The molecule has 6 heteroatoms. The Balaban J connectivity index is 2.37. The number of hydrogen-bond donors (Lipinski definition) is 1. The fourth-order valence-corrected chi connectivity index (χ4v) is 2.54. The van der Waals surface area contributed by atoms with E-state index in [2.05, 4.69) is 19.2 Å². The van der Waals surface area contributed by atoms with Crippen LogP contribution in [-0.2, 0) is 4.74 Å². The molecule has 1 aliphatic heterocycles. The van der Waals surface area contributed by atoms with Crippen LogP contribution >= 0.6 is 0 Å². The summed E-state index contributed by atoms with van der Waals surface area (Å²) in [6.45, 7) is 9.24. The number of nitrogens with zero attached hydrogens (tertiary/aromatic N) is 2. The van der Waals surface area contributed by atoms with Crippen LogP contribution in [0.15, 0.2) is 0 Å². The van der Waals surface area contributed by atoms with Crippen molar-refractivity contribution in [3.05, 3.63) is 0 Å². The molecule has 1 rings (SSSR count). The molecule has 6 nitrogen and oxygen atoms in total. The van der Waals surface area contributed by atoms with Gasteiger partial charge in [0.2, 0.25) is 0 Å². The monoisotopic (exact) mass is 299 g/mol. The molecule has 21 heavy (non-hydrogen) atoms. The molecule has 1 saturated heterocycles. The van der Waals surface area contributed by atoms with Gasteiger partial charge in [0.05, 0.1) is 6.61 Å². The number of piperidine rings is 1. The van der Waals surface area contributed by atoms with Crippen LogP contribution in [0.2, 0.25) is 0 Å². The summed E-state index contributed by atoms with van der Waals surface area (Å²) in [5.74, 6) is 0. The Bertz CT molecular complexity index is 322. The largest absolute Gasteiger partial charge is 0.450 e. The van der Waals surface area contributed by atoms with Gasteiger partial charge in [0.1, 0.15) is 0 Å². The number of urea groups is 1. The molecule has 0 saturated carbocycles. The van der Waals surface area contributed by atoms with Gasteiger partial charge in [-0.3, -0.25) is 0 Å². The smallest absolute Gasteiger partial charge is 0.409 e. The van der Waals surface area contributed by atoms with Gasteiger partial charge < -0.3 is 19.9 Å². The summed E-state index contributed by atoms with van der Waals surface area (Å²) in [6.07, 6.45) is 3.26. The molecule has 122 valence electrons. The zero-order chi connectivity index (χ0) is 15.7. The van der Waals surface area contributed by atoms with E-state index in [1.165, 1.54) is 0 Å². The average molecular weight is 299 g/mol. The third-order valence-electron chi connectivity index (χ3n) is 3.62. The van der Waals surface area contributed by atoms with Crippen molar-refractivity contribution >= 4 is 12.1 Å². The highest BCUT2D eigenvalue weighted by molar-refractivity contribution is 5.74. The van der Waals surface area contributed by atoms with Crippen LogP contribution in [0.4, 0.5) is 9.59 Å². The minimum atomic E-state index is -0.249. The minimum absolute atomic E-state index is 0.0216. The Labute approximate surface area is 127 Å². The van der Waals surface area contributed by atoms with Gasteiger partial charge in [0, 0.05) is 32.2 Å². The van der Waals surface area contributed by atoms with Gasteiger partial charge in [-0.15, -0.1) is 0 Å². The summed E-state index contributed by atoms with van der Waals surface area (Å²) < 4.78 is 4.99. The van der Waals surface area contributed by atoms with E-state index in [1.54, 1.807) is 11.8 Å². The normalized spacial score (nSPS) is 15.7. The third-order valence-corrected chi connectivity index (χ3v) is 3.62. The molecule has 0 atom stereocenters. The lowest BCUT2D eigenvalue weighted by molar-refractivity contribution is 0.0951. The van der Waals surface area contributed by atoms with Crippen LogP contribution in [0.3, 0.4) is 0 Å². The summed E-state index contributed by atoms with van der Waals surface area (Å²) >= 11 is 0. The molecule has 1 aliphatic rings. The van der Waals surface area contributed by atoms with Crippen molar-refractivity contribution in [2.45, 2.75) is 52.5 Å². The number of nitrogens with one attached hydrogen (secondary N) is 1. The highest BCUT2D eigenvalue weighted by atomic mass is 16.6. The van der Waals surface area contributed by atoms with Crippen molar-refractivity contribution in [2.24, 2.45) is 0 Å². The number of likely N-dealkylation sites (tertiary alicyclic amines) is 1. The van der Waals surface area contributed by atoms with Crippen molar-refractivity contribution < 1.29 is 14.3 Å². The molecule has 1 heterocycles. The molecule has 0 aromatic carbocycles. The van der Waals surface area contributed by atoms with Crippen LogP contribution in [-0.4, -0.2) is 60.8 Å². The topological polar surface area (TPSA) is 61.9 Å². The van der Waals surface area contributed by atoms with Gasteiger partial charge in [-0.1, -0.05) is 13.8 Å². The van der Waals surface area contributed by atoms with Crippen LogP contribution in [0.5, 0.6) is 0 Å². The van der Waals surface area contributed by atoms with Crippen LogP contribution in [0.25, 0.3) is 0 Å². The standard InChI is InChI=1S/C15H29N3O3/c1-4-9-17(10-5-2)14(19)16-13-7-11-18(12-8-13)15(20)21-6-3/h13H,4-12H2,1-3H3,(H,16,19). The second-order valence-corrected chi connectivity index (χ2v) is 5.40. The van der Waals surface area contributed by atoms with E-state index in [-0.39, 0.29) is 18.2 Å². The number of rotatable bonds is 6. The van der Waals surface area contributed by atoms with Crippen molar-refractivity contribution in [1.29, 1.82) is 0 Å². The second kappa shape index (κ2) is 9.47. The number of carbonyl (C=O) groups is 2. The summed E-state index contributed by atoms with van der Waals surface area (Å²) in [7, 11) is 0. The Hall–Kier alpha value is -1.46. The van der Waals surface area contributed by atoms with E-state index >= 15 is 0 Å².